The number of aromatic nitrogens is 2. The summed E-state index contributed by atoms with van der Waals surface area (Å²) in [6.45, 7) is 0.366. The van der Waals surface area contributed by atoms with Crippen LogP contribution < -0.4 is 0 Å². The molecule has 0 fully saturated rings. The summed E-state index contributed by atoms with van der Waals surface area (Å²) in [5, 5.41) is 9.78. The summed E-state index contributed by atoms with van der Waals surface area (Å²) < 4.78 is 5.00. The number of nitrogens with zero attached hydrogens (tertiary/aromatic N) is 3. The van der Waals surface area contributed by atoms with Crippen molar-refractivity contribution in [1.29, 1.82) is 5.26 Å². The number of thiazole rings is 1. The SMILES string of the molecule is COCc1nc(-c2ccncc2)sc1C#N. The molecule has 5 heteroatoms. The molecule has 4 nitrogen and oxygen atoms in total. The maximum Gasteiger partial charge on any atom is 0.130 e. The van der Waals surface area contributed by atoms with Crippen molar-refractivity contribution in [1.82, 2.24) is 9.97 Å². The van der Waals surface area contributed by atoms with Crippen LogP contribution in [0.25, 0.3) is 10.6 Å². The summed E-state index contributed by atoms with van der Waals surface area (Å²) >= 11 is 1.37. The molecule has 80 valence electrons. The maximum atomic E-state index is 8.96. The number of nitriles is 1. The third-order valence-corrected chi connectivity index (χ3v) is 3.06. The number of rotatable bonds is 3. The van der Waals surface area contributed by atoms with Crippen LogP contribution in [0.3, 0.4) is 0 Å². The molecule has 16 heavy (non-hydrogen) atoms. The van der Waals surface area contributed by atoms with Crippen LogP contribution in [-0.4, -0.2) is 17.1 Å². The highest BCUT2D eigenvalue weighted by Gasteiger charge is 2.11. The monoisotopic (exact) mass is 231 g/mol. The Morgan fingerprint density at radius 2 is 2.19 bits per heavy atom. The van der Waals surface area contributed by atoms with Crippen molar-refractivity contribution < 1.29 is 4.74 Å². The summed E-state index contributed by atoms with van der Waals surface area (Å²) in [6, 6.07) is 5.87. The fraction of sp³-hybridized carbons (Fsp3) is 0.182. The standard InChI is InChI=1S/C11H9N3OS/c1-15-7-9-10(6-12)16-11(14-9)8-2-4-13-5-3-8/h2-5H,7H2,1H3. The lowest BCUT2D eigenvalue weighted by atomic mass is 10.3. The molecule has 0 aliphatic heterocycles. The van der Waals surface area contributed by atoms with Gasteiger partial charge >= 0.3 is 0 Å². The van der Waals surface area contributed by atoms with Crippen molar-refractivity contribution in [2.75, 3.05) is 7.11 Å². The van der Waals surface area contributed by atoms with Gasteiger partial charge in [-0.2, -0.15) is 5.26 Å². The van der Waals surface area contributed by atoms with Crippen LogP contribution in [0.1, 0.15) is 10.6 Å². The van der Waals surface area contributed by atoms with E-state index < -0.39 is 0 Å². The molecule has 2 aromatic heterocycles. The van der Waals surface area contributed by atoms with E-state index in [0.29, 0.717) is 17.2 Å². The summed E-state index contributed by atoms with van der Waals surface area (Å²) in [6.07, 6.45) is 3.41. The Labute approximate surface area is 97.2 Å². The van der Waals surface area contributed by atoms with Crippen LogP contribution in [0.2, 0.25) is 0 Å². The van der Waals surface area contributed by atoms with Gasteiger partial charge in [0.25, 0.3) is 0 Å². The molecule has 0 saturated heterocycles. The Kier molecular flexibility index (Phi) is 3.25. The minimum Gasteiger partial charge on any atom is -0.378 e. The van der Waals surface area contributed by atoms with Crippen LogP contribution in [0.5, 0.6) is 0 Å². The van der Waals surface area contributed by atoms with Gasteiger partial charge in [0.1, 0.15) is 16.0 Å². The van der Waals surface area contributed by atoms with Crippen molar-refractivity contribution in [2.45, 2.75) is 6.61 Å². The quantitative estimate of drug-likeness (QED) is 0.812. The van der Waals surface area contributed by atoms with Crippen LogP contribution >= 0.6 is 11.3 Å². The lowest BCUT2D eigenvalue weighted by Gasteiger charge is -1.94. The van der Waals surface area contributed by atoms with Gasteiger partial charge in [-0.05, 0) is 12.1 Å². The van der Waals surface area contributed by atoms with Gasteiger partial charge in [-0.15, -0.1) is 11.3 Å². The van der Waals surface area contributed by atoms with Crippen molar-refractivity contribution >= 4 is 11.3 Å². The predicted octanol–water partition coefficient (Wildman–Crippen LogP) is 2.22. The van der Waals surface area contributed by atoms with E-state index in [4.69, 9.17) is 10.00 Å². The molecule has 0 atom stereocenters. The Morgan fingerprint density at radius 3 is 2.81 bits per heavy atom. The molecule has 0 saturated carbocycles. The van der Waals surface area contributed by atoms with Gasteiger partial charge in [0, 0.05) is 25.1 Å². The molecule has 2 aromatic rings. The second-order valence-electron chi connectivity index (χ2n) is 3.08. The first-order valence-electron chi connectivity index (χ1n) is 4.64. The van der Waals surface area contributed by atoms with Gasteiger partial charge < -0.3 is 4.74 Å². The van der Waals surface area contributed by atoms with Gasteiger partial charge in [0.15, 0.2) is 0 Å². The first-order chi connectivity index (χ1) is 7.85. The normalized spacial score (nSPS) is 10.0. The Morgan fingerprint density at radius 1 is 1.44 bits per heavy atom. The zero-order valence-electron chi connectivity index (χ0n) is 8.67. The lowest BCUT2D eigenvalue weighted by molar-refractivity contribution is 0.182. The second-order valence-corrected chi connectivity index (χ2v) is 4.07. The van der Waals surface area contributed by atoms with Crippen molar-refractivity contribution in [3.05, 3.63) is 35.1 Å². The van der Waals surface area contributed by atoms with Gasteiger partial charge in [0.05, 0.1) is 12.3 Å². The van der Waals surface area contributed by atoms with Crippen LogP contribution in [0, 0.1) is 11.3 Å². The third kappa shape index (κ3) is 2.08. The molecule has 0 amide bonds. The predicted molar refractivity (Wildman–Crippen MR) is 60.8 cm³/mol. The van der Waals surface area contributed by atoms with Crippen molar-refractivity contribution in [2.24, 2.45) is 0 Å². The lowest BCUT2D eigenvalue weighted by Crippen LogP contribution is -1.90. The Bertz CT molecular complexity index is 516. The molecule has 0 aliphatic carbocycles. The minimum absolute atomic E-state index is 0.366. The second kappa shape index (κ2) is 4.84. The summed E-state index contributed by atoms with van der Waals surface area (Å²) in [5.74, 6) is 0. The van der Waals surface area contributed by atoms with E-state index in [1.807, 2.05) is 12.1 Å². The van der Waals surface area contributed by atoms with Gasteiger partial charge in [-0.25, -0.2) is 4.98 Å². The molecule has 0 aliphatic rings. The molecule has 0 radical (unpaired) electrons. The molecular formula is C11H9N3OS. The van der Waals surface area contributed by atoms with Crippen molar-refractivity contribution in [3.63, 3.8) is 0 Å². The first kappa shape index (κ1) is 10.7. The van der Waals surface area contributed by atoms with Crippen LogP contribution in [-0.2, 0) is 11.3 Å². The number of hydrogen-bond acceptors (Lipinski definition) is 5. The van der Waals surface area contributed by atoms with E-state index in [9.17, 15) is 0 Å². The fourth-order valence-corrected chi connectivity index (χ4v) is 2.16. The van der Waals surface area contributed by atoms with Crippen LogP contribution in [0.4, 0.5) is 0 Å². The summed E-state index contributed by atoms with van der Waals surface area (Å²) in [4.78, 5) is 8.93. The first-order valence-corrected chi connectivity index (χ1v) is 5.46. The third-order valence-electron chi connectivity index (χ3n) is 2.01. The van der Waals surface area contributed by atoms with E-state index in [0.717, 1.165) is 10.6 Å². The van der Waals surface area contributed by atoms with Crippen LogP contribution in [0.15, 0.2) is 24.5 Å². The highest BCUT2D eigenvalue weighted by Crippen LogP contribution is 2.27. The maximum absolute atomic E-state index is 8.96. The highest BCUT2D eigenvalue weighted by molar-refractivity contribution is 7.15. The molecule has 2 rings (SSSR count). The zero-order chi connectivity index (χ0) is 11.4. The molecule has 0 bridgehead atoms. The topological polar surface area (TPSA) is 58.8 Å². The molecule has 0 N–H and O–H groups in total. The molecule has 0 spiro atoms. The number of hydrogen-bond donors (Lipinski definition) is 0. The summed E-state index contributed by atoms with van der Waals surface area (Å²) in [7, 11) is 1.59. The van der Waals surface area contributed by atoms with E-state index in [-0.39, 0.29) is 0 Å². The van der Waals surface area contributed by atoms with Gasteiger partial charge in [0.2, 0.25) is 0 Å². The largest absolute Gasteiger partial charge is 0.378 e. The molecular weight excluding hydrogens is 222 g/mol. The zero-order valence-corrected chi connectivity index (χ0v) is 9.49. The summed E-state index contributed by atoms with van der Waals surface area (Å²) in [5.41, 5.74) is 1.67. The van der Waals surface area contributed by atoms with E-state index >= 15 is 0 Å². The number of ether oxygens (including phenoxy) is 1. The van der Waals surface area contributed by atoms with E-state index in [1.54, 1.807) is 19.5 Å². The smallest absolute Gasteiger partial charge is 0.130 e. The number of pyridine rings is 1. The molecule has 0 unspecified atom stereocenters. The number of methoxy groups -OCH3 is 1. The van der Waals surface area contributed by atoms with E-state index in [1.165, 1.54) is 11.3 Å². The average molecular weight is 231 g/mol. The Balaban J connectivity index is 2.41. The average Bonchev–Trinajstić information content (AvgIpc) is 2.74. The fourth-order valence-electron chi connectivity index (χ4n) is 1.29. The van der Waals surface area contributed by atoms with Gasteiger partial charge in [-0.3, -0.25) is 4.98 Å². The highest BCUT2D eigenvalue weighted by atomic mass is 32.1. The van der Waals surface area contributed by atoms with Gasteiger partial charge in [-0.1, -0.05) is 0 Å². The molecule has 0 aromatic carbocycles. The molecule has 2 heterocycles. The minimum atomic E-state index is 0.366. The van der Waals surface area contributed by atoms with E-state index in [2.05, 4.69) is 16.0 Å². The van der Waals surface area contributed by atoms with Crippen molar-refractivity contribution in [3.8, 4) is 16.6 Å². The Hall–Kier alpha value is -1.77.